The summed E-state index contributed by atoms with van der Waals surface area (Å²) in [6.07, 6.45) is 3.30. The van der Waals surface area contributed by atoms with Gasteiger partial charge in [-0.25, -0.2) is 0 Å². The third-order valence-electron chi connectivity index (χ3n) is 2.96. The largest absolute Gasteiger partial charge is 0.497 e. The number of hydrogen-bond acceptors (Lipinski definition) is 4. The summed E-state index contributed by atoms with van der Waals surface area (Å²) in [5.41, 5.74) is 2.55. The molecule has 0 radical (unpaired) electrons. The molecule has 0 bridgehead atoms. The monoisotopic (exact) mass is 272 g/mol. The van der Waals surface area contributed by atoms with Crippen molar-refractivity contribution in [3.05, 3.63) is 42.7 Å². The van der Waals surface area contributed by atoms with Crippen LogP contribution < -0.4 is 10.1 Å². The average Bonchev–Trinajstić information content (AvgIpc) is 2.48. The quantitative estimate of drug-likeness (QED) is 0.875. The summed E-state index contributed by atoms with van der Waals surface area (Å²) in [5, 5.41) is 11.9. The second-order valence-corrected chi connectivity index (χ2v) is 4.35. The number of benzene rings is 1. The van der Waals surface area contributed by atoms with E-state index in [1.807, 2.05) is 30.3 Å². The molecular formula is C15H16N2O3. The van der Waals surface area contributed by atoms with Gasteiger partial charge >= 0.3 is 5.97 Å². The van der Waals surface area contributed by atoms with E-state index in [1.54, 1.807) is 26.4 Å². The van der Waals surface area contributed by atoms with E-state index in [-0.39, 0.29) is 0 Å². The molecule has 1 aromatic carbocycles. The maximum atomic E-state index is 10.9. The first kappa shape index (κ1) is 13.9. The van der Waals surface area contributed by atoms with Crippen LogP contribution in [0, 0.1) is 0 Å². The molecule has 0 aliphatic carbocycles. The fourth-order valence-electron chi connectivity index (χ4n) is 1.83. The highest BCUT2D eigenvalue weighted by Gasteiger charge is 2.13. The van der Waals surface area contributed by atoms with Gasteiger partial charge in [-0.2, -0.15) is 0 Å². The Bertz CT molecular complexity index is 596. The number of anilines is 1. The minimum Gasteiger partial charge on any atom is -0.497 e. The number of ether oxygens (including phenoxy) is 1. The van der Waals surface area contributed by atoms with E-state index in [0.29, 0.717) is 5.69 Å². The van der Waals surface area contributed by atoms with Gasteiger partial charge in [0.05, 0.1) is 19.0 Å². The Balaban J connectivity index is 2.33. The van der Waals surface area contributed by atoms with E-state index in [1.165, 1.54) is 0 Å². The first-order valence-corrected chi connectivity index (χ1v) is 6.19. The van der Waals surface area contributed by atoms with Crippen molar-refractivity contribution in [1.82, 2.24) is 4.98 Å². The first-order chi connectivity index (χ1) is 9.61. The number of rotatable bonds is 5. The Labute approximate surface area is 117 Å². The van der Waals surface area contributed by atoms with E-state index in [9.17, 15) is 4.79 Å². The smallest absolute Gasteiger partial charge is 0.325 e. The number of aliphatic carboxylic acids is 1. The van der Waals surface area contributed by atoms with E-state index in [2.05, 4.69) is 10.3 Å². The van der Waals surface area contributed by atoms with Gasteiger partial charge in [-0.3, -0.25) is 9.78 Å². The lowest BCUT2D eigenvalue weighted by molar-refractivity contribution is -0.137. The Morgan fingerprint density at radius 1 is 1.30 bits per heavy atom. The Morgan fingerprint density at radius 2 is 2.00 bits per heavy atom. The van der Waals surface area contributed by atoms with E-state index >= 15 is 0 Å². The maximum absolute atomic E-state index is 10.9. The van der Waals surface area contributed by atoms with Crippen LogP contribution in [-0.4, -0.2) is 29.2 Å². The molecule has 0 saturated carbocycles. The lowest BCUT2D eigenvalue weighted by Gasteiger charge is -2.14. The number of methoxy groups -OCH3 is 1. The summed E-state index contributed by atoms with van der Waals surface area (Å²) in [6.45, 7) is 1.59. The highest BCUT2D eigenvalue weighted by molar-refractivity contribution is 5.82. The molecule has 5 nitrogen and oxygen atoms in total. The zero-order valence-corrected chi connectivity index (χ0v) is 11.3. The highest BCUT2D eigenvalue weighted by Crippen LogP contribution is 2.28. The van der Waals surface area contributed by atoms with Crippen molar-refractivity contribution in [3.63, 3.8) is 0 Å². The predicted molar refractivity (Wildman–Crippen MR) is 76.9 cm³/mol. The van der Waals surface area contributed by atoms with E-state index in [0.717, 1.165) is 16.9 Å². The Hall–Kier alpha value is -2.56. The number of hydrogen-bond donors (Lipinski definition) is 2. The van der Waals surface area contributed by atoms with Crippen molar-refractivity contribution in [3.8, 4) is 16.9 Å². The number of nitrogens with one attached hydrogen (secondary N) is 1. The summed E-state index contributed by atoms with van der Waals surface area (Å²) in [6, 6.07) is 8.73. The van der Waals surface area contributed by atoms with Crippen molar-refractivity contribution >= 4 is 11.7 Å². The summed E-state index contributed by atoms with van der Waals surface area (Å²) in [7, 11) is 1.61. The Kier molecular flexibility index (Phi) is 4.20. The van der Waals surface area contributed by atoms with Gasteiger partial charge in [-0.1, -0.05) is 12.1 Å². The van der Waals surface area contributed by atoms with Crippen LogP contribution in [0.3, 0.4) is 0 Å². The summed E-state index contributed by atoms with van der Waals surface area (Å²) in [5.74, 6) is -0.134. The SMILES string of the molecule is COc1ccc(-c2ccncc2N[C@@H](C)C(=O)O)cc1. The van der Waals surface area contributed by atoms with Gasteiger partial charge < -0.3 is 15.2 Å². The molecule has 1 atom stereocenters. The topological polar surface area (TPSA) is 71.5 Å². The standard InChI is InChI=1S/C15H16N2O3/c1-10(15(18)19)17-14-9-16-8-7-13(14)11-3-5-12(20-2)6-4-11/h3-10,17H,1-2H3,(H,18,19)/t10-/m0/s1. The molecule has 1 aromatic heterocycles. The molecule has 0 unspecified atom stereocenters. The van der Waals surface area contributed by atoms with Crippen LogP contribution in [0.25, 0.3) is 11.1 Å². The van der Waals surface area contributed by atoms with Gasteiger partial charge in [0.25, 0.3) is 0 Å². The predicted octanol–water partition coefficient (Wildman–Crippen LogP) is 2.64. The zero-order valence-electron chi connectivity index (χ0n) is 11.3. The van der Waals surface area contributed by atoms with Crippen molar-refractivity contribution < 1.29 is 14.6 Å². The van der Waals surface area contributed by atoms with Gasteiger partial charge in [-0.05, 0) is 30.7 Å². The molecule has 2 aromatic rings. The molecule has 2 rings (SSSR count). The fourth-order valence-corrected chi connectivity index (χ4v) is 1.83. The lowest BCUT2D eigenvalue weighted by atomic mass is 10.0. The molecule has 0 saturated heterocycles. The van der Waals surface area contributed by atoms with Crippen molar-refractivity contribution in [1.29, 1.82) is 0 Å². The lowest BCUT2D eigenvalue weighted by Crippen LogP contribution is -2.25. The molecule has 104 valence electrons. The Morgan fingerprint density at radius 3 is 2.60 bits per heavy atom. The third kappa shape index (κ3) is 3.06. The molecule has 2 N–H and O–H groups in total. The van der Waals surface area contributed by atoms with Crippen LogP contribution in [-0.2, 0) is 4.79 Å². The highest BCUT2D eigenvalue weighted by atomic mass is 16.5. The number of aromatic nitrogens is 1. The molecule has 0 spiro atoms. The summed E-state index contributed by atoms with van der Waals surface area (Å²) in [4.78, 5) is 15.0. The second-order valence-electron chi connectivity index (χ2n) is 4.35. The normalized spacial score (nSPS) is 11.7. The van der Waals surface area contributed by atoms with Gasteiger partial charge in [0.1, 0.15) is 11.8 Å². The molecule has 0 amide bonds. The van der Waals surface area contributed by atoms with Crippen molar-refractivity contribution in [2.45, 2.75) is 13.0 Å². The minimum atomic E-state index is -0.908. The molecule has 20 heavy (non-hydrogen) atoms. The van der Waals surface area contributed by atoms with E-state index < -0.39 is 12.0 Å². The molecule has 0 aliphatic rings. The third-order valence-corrected chi connectivity index (χ3v) is 2.96. The van der Waals surface area contributed by atoms with Crippen LogP contribution in [0.5, 0.6) is 5.75 Å². The molecule has 0 aliphatic heterocycles. The first-order valence-electron chi connectivity index (χ1n) is 6.19. The van der Waals surface area contributed by atoms with Crippen LogP contribution in [0.2, 0.25) is 0 Å². The van der Waals surface area contributed by atoms with Gasteiger partial charge in [0, 0.05) is 11.8 Å². The van der Waals surface area contributed by atoms with Gasteiger partial charge in [0.15, 0.2) is 0 Å². The van der Waals surface area contributed by atoms with Crippen LogP contribution in [0.4, 0.5) is 5.69 Å². The molecule has 1 heterocycles. The number of carbonyl (C=O) groups is 1. The number of nitrogens with zero attached hydrogens (tertiary/aromatic N) is 1. The summed E-state index contributed by atoms with van der Waals surface area (Å²) >= 11 is 0. The van der Waals surface area contributed by atoms with Crippen LogP contribution in [0.1, 0.15) is 6.92 Å². The number of carboxylic acids is 1. The number of carboxylic acid groups (broad SMARTS) is 1. The minimum absolute atomic E-state index is 0.684. The molecule has 0 fully saturated rings. The van der Waals surface area contributed by atoms with Crippen LogP contribution >= 0.6 is 0 Å². The maximum Gasteiger partial charge on any atom is 0.325 e. The van der Waals surface area contributed by atoms with Crippen molar-refractivity contribution in [2.75, 3.05) is 12.4 Å². The molecule has 5 heteroatoms. The molecular weight excluding hydrogens is 256 g/mol. The van der Waals surface area contributed by atoms with E-state index in [4.69, 9.17) is 9.84 Å². The van der Waals surface area contributed by atoms with Gasteiger partial charge in [0.2, 0.25) is 0 Å². The summed E-state index contributed by atoms with van der Waals surface area (Å²) < 4.78 is 5.13. The van der Waals surface area contributed by atoms with Crippen LogP contribution in [0.15, 0.2) is 42.7 Å². The van der Waals surface area contributed by atoms with Gasteiger partial charge in [-0.15, -0.1) is 0 Å². The fraction of sp³-hybridized carbons (Fsp3) is 0.200. The number of pyridine rings is 1. The zero-order chi connectivity index (χ0) is 14.5. The second kappa shape index (κ2) is 6.06. The average molecular weight is 272 g/mol. The van der Waals surface area contributed by atoms with Crippen molar-refractivity contribution in [2.24, 2.45) is 0 Å².